The molecule has 1 aliphatic heterocycles. The molecule has 5 heteroatoms. The summed E-state index contributed by atoms with van der Waals surface area (Å²) in [7, 11) is 0. The molecule has 0 aromatic heterocycles. The lowest BCUT2D eigenvalue weighted by Crippen LogP contribution is -2.42. The Balaban J connectivity index is 2.24. The van der Waals surface area contributed by atoms with Crippen LogP contribution in [0.3, 0.4) is 0 Å². The molecule has 2 unspecified atom stereocenters. The van der Waals surface area contributed by atoms with Gasteiger partial charge in [0.15, 0.2) is 0 Å². The molecule has 98 valence electrons. The van der Waals surface area contributed by atoms with E-state index in [1.54, 1.807) is 0 Å². The molecule has 0 aliphatic carbocycles. The normalized spacial score (nSPS) is 24.7. The number of amides is 2. The molecule has 2 N–H and O–H groups in total. The molecule has 2 atom stereocenters. The number of piperidine rings is 1. The maximum atomic E-state index is 11.9. The Labute approximate surface area is 107 Å². The Morgan fingerprint density at radius 3 is 2.41 bits per heavy atom. The van der Waals surface area contributed by atoms with Crippen molar-refractivity contribution in [2.45, 2.75) is 26.7 Å². The summed E-state index contributed by atoms with van der Waals surface area (Å²) in [5, 5.41) is 0. The largest absolute Gasteiger partial charge is 0.369 e. The zero-order chi connectivity index (χ0) is 12.8. The lowest BCUT2D eigenvalue weighted by atomic mass is 9.92. The fraction of sp³-hybridized carbons (Fsp3) is 0.833. The van der Waals surface area contributed by atoms with Crippen molar-refractivity contribution >= 4 is 23.6 Å². The minimum Gasteiger partial charge on any atom is -0.369 e. The molecule has 2 amide bonds. The number of primary amides is 1. The molecule has 0 radical (unpaired) electrons. The Bertz CT molecular complexity index is 274. The fourth-order valence-electron chi connectivity index (χ4n) is 2.36. The molecule has 0 spiro atoms. The van der Waals surface area contributed by atoms with Crippen LogP contribution in [0.5, 0.6) is 0 Å². The summed E-state index contributed by atoms with van der Waals surface area (Å²) >= 11 is 1.43. The molecule has 17 heavy (non-hydrogen) atoms. The van der Waals surface area contributed by atoms with Crippen molar-refractivity contribution in [2.24, 2.45) is 17.6 Å². The maximum Gasteiger partial charge on any atom is 0.227 e. The van der Waals surface area contributed by atoms with Gasteiger partial charge in [-0.05, 0) is 18.3 Å². The molecule has 0 aromatic carbocycles. The first-order valence-corrected chi connectivity index (χ1v) is 7.28. The third-order valence-electron chi connectivity index (χ3n) is 2.93. The van der Waals surface area contributed by atoms with Crippen LogP contribution in [0.4, 0.5) is 0 Å². The monoisotopic (exact) mass is 258 g/mol. The van der Waals surface area contributed by atoms with Crippen LogP contribution in [0.25, 0.3) is 0 Å². The van der Waals surface area contributed by atoms with E-state index >= 15 is 0 Å². The van der Waals surface area contributed by atoms with Gasteiger partial charge in [0, 0.05) is 25.3 Å². The van der Waals surface area contributed by atoms with E-state index in [1.165, 1.54) is 18.2 Å². The molecule has 4 nitrogen and oxygen atoms in total. The summed E-state index contributed by atoms with van der Waals surface area (Å²) in [5.74, 6) is 2.08. The smallest absolute Gasteiger partial charge is 0.227 e. The first kappa shape index (κ1) is 14.4. The Morgan fingerprint density at radius 1 is 1.29 bits per heavy atom. The van der Waals surface area contributed by atoms with Crippen molar-refractivity contribution in [1.82, 2.24) is 4.90 Å². The van der Waals surface area contributed by atoms with Gasteiger partial charge in [0.25, 0.3) is 0 Å². The fourth-order valence-corrected chi connectivity index (χ4v) is 3.02. The summed E-state index contributed by atoms with van der Waals surface area (Å²) in [5.41, 5.74) is 5.03. The molecule has 1 heterocycles. The summed E-state index contributed by atoms with van der Waals surface area (Å²) in [6.07, 6.45) is 1.72. The number of rotatable bonds is 5. The molecular formula is C12H22N2O2S. The van der Waals surface area contributed by atoms with Crippen molar-refractivity contribution in [1.29, 1.82) is 0 Å². The van der Waals surface area contributed by atoms with Crippen molar-refractivity contribution in [3.8, 4) is 0 Å². The number of thioether (sulfide) groups is 1. The van der Waals surface area contributed by atoms with Gasteiger partial charge in [-0.25, -0.2) is 0 Å². The second kappa shape index (κ2) is 6.89. The number of carbonyl (C=O) groups is 2. The van der Waals surface area contributed by atoms with Gasteiger partial charge in [-0.2, -0.15) is 11.8 Å². The van der Waals surface area contributed by atoms with Crippen LogP contribution in [-0.2, 0) is 9.59 Å². The first-order chi connectivity index (χ1) is 7.99. The second-order valence-electron chi connectivity index (χ2n) is 5.01. The Morgan fingerprint density at radius 2 is 1.88 bits per heavy atom. The lowest BCUT2D eigenvalue weighted by molar-refractivity contribution is -0.133. The van der Waals surface area contributed by atoms with E-state index in [2.05, 4.69) is 13.8 Å². The topological polar surface area (TPSA) is 63.4 Å². The van der Waals surface area contributed by atoms with Crippen molar-refractivity contribution in [3.63, 3.8) is 0 Å². The summed E-state index contributed by atoms with van der Waals surface area (Å²) < 4.78 is 0. The van der Waals surface area contributed by atoms with Crippen LogP contribution in [0.15, 0.2) is 0 Å². The second-order valence-corrected chi connectivity index (χ2v) is 6.12. The van der Waals surface area contributed by atoms with Crippen molar-refractivity contribution < 1.29 is 9.59 Å². The standard InChI is InChI=1S/C12H22N2O2S/c1-9-5-10(2)7-14(6-9)12(16)3-4-17-8-11(13)15/h9-10H,3-8H2,1-2H3,(H2,13,15). The van der Waals surface area contributed by atoms with Crippen LogP contribution < -0.4 is 5.73 Å². The predicted molar refractivity (Wildman–Crippen MR) is 70.7 cm³/mol. The van der Waals surface area contributed by atoms with Crippen LogP contribution in [0.2, 0.25) is 0 Å². The number of hydrogen-bond donors (Lipinski definition) is 1. The molecule has 0 bridgehead atoms. The van der Waals surface area contributed by atoms with E-state index in [1.807, 2.05) is 4.90 Å². The highest BCUT2D eigenvalue weighted by Gasteiger charge is 2.24. The highest BCUT2D eigenvalue weighted by molar-refractivity contribution is 7.99. The average molecular weight is 258 g/mol. The quantitative estimate of drug-likeness (QED) is 0.751. The van der Waals surface area contributed by atoms with Gasteiger partial charge < -0.3 is 10.6 Å². The SMILES string of the molecule is CC1CC(C)CN(C(=O)CCSCC(N)=O)C1. The zero-order valence-corrected chi connectivity index (χ0v) is 11.5. The molecule has 1 aliphatic rings. The van der Waals surface area contributed by atoms with Crippen molar-refractivity contribution in [3.05, 3.63) is 0 Å². The number of likely N-dealkylation sites (tertiary alicyclic amines) is 1. The number of nitrogens with zero attached hydrogens (tertiary/aromatic N) is 1. The van der Waals surface area contributed by atoms with E-state index < -0.39 is 0 Å². The van der Waals surface area contributed by atoms with Gasteiger partial charge in [0.2, 0.25) is 11.8 Å². The molecule has 1 saturated heterocycles. The first-order valence-electron chi connectivity index (χ1n) is 6.13. The van der Waals surface area contributed by atoms with Gasteiger partial charge >= 0.3 is 0 Å². The van der Waals surface area contributed by atoms with E-state index in [9.17, 15) is 9.59 Å². The van der Waals surface area contributed by atoms with E-state index in [0.29, 0.717) is 29.8 Å². The number of hydrogen-bond acceptors (Lipinski definition) is 3. The van der Waals surface area contributed by atoms with Crippen LogP contribution in [0, 0.1) is 11.8 Å². The van der Waals surface area contributed by atoms with Crippen LogP contribution in [-0.4, -0.2) is 41.3 Å². The van der Waals surface area contributed by atoms with Gasteiger partial charge in [-0.3, -0.25) is 9.59 Å². The maximum absolute atomic E-state index is 11.9. The molecule has 0 saturated carbocycles. The third kappa shape index (κ3) is 5.44. The highest BCUT2D eigenvalue weighted by atomic mass is 32.2. The van der Waals surface area contributed by atoms with Crippen LogP contribution >= 0.6 is 11.8 Å². The summed E-state index contributed by atoms with van der Waals surface area (Å²) in [6, 6.07) is 0. The zero-order valence-electron chi connectivity index (χ0n) is 10.6. The number of carbonyl (C=O) groups excluding carboxylic acids is 2. The van der Waals surface area contributed by atoms with E-state index in [0.717, 1.165) is 13.1 Å². The van der Waals surface area contributed by atoms with Gasteiger partial charge in [0.05, 0.1) is 5.75 Å². The average Bonchev–Trinajstić information content (AvgIpc) is 2.22. The Kier molecular flexibility index (Phi) is 5.82. The van der Waals surface area contributed by atoms with E-state index in [4.69, 9.17) is 5.73 Å². The van der Waals surface area contributed by atoms with Gasteiger partial charge in [-0.15, -0.1) is 0 Å². The minimum absolute atomic E-state index is 0.209. The summed E-state index contributed by atoms with van der Waals surface area (Å²) in [6.45, 7) is 6.14. The third-order valence-corrected chi connectivity index (χ3v) is 3.91. The van der Waals surface area contributed by atoms with Crippen LogP contribution in [0.1, 0.15) is 26.7 Å². The van der Waals surface area contributed by atoms with Gasteiger partial charge in [0.1, 0.15) is 0 Å². The summed E-state index contributed by atoms with van der Waals surface area (Å²) in [4.78, 5) is 24.4. The minimum atomic E-state index is -0.317. The molecule has 0 aromatic rings. The Hall–Kier alpha value is -0.710. The molecule has 1 rings (SSSR count). The number of nitrogens with two attached hydrogens (primary N) is 1. The van der Waals surface area contributed by atoms with Crippen molar-refractivity contribution in [2.75, 3.05) is 24.6 Å². The highest BCUT2D eigenvalue weighted by Crippen LogP contribution is 2.21. The van der Waals surface area contributed by atoms with E-state index in [-0.39, 0.29) is 11.8 Å². The molecular weight excluding hydrogens is 236 g/mol. The van der Waals surface area contributed by atoms with Gasteiger partial charge in [-0.1, -0.05) is 13.8 Å². The lowest BCUT2D eigenvalue weighted by Gasteiger charge is -2.35. The predicted octanol–water partition coefficient (Wildman–Crippen LogP) is 1.10. The molecule has 1 fully saturated rings.